The number of esters is 1. The summed E-state index contributed by atoms with van der Waals surface area (Å²) in [5.74, 6) is -0.817. The second-order valence-corrected chi connectivity index (χ2v) is 7.30. The van der Waals surface area contributed by atoms with Crippen LogP contribution in [0, 0.1) is 5.92 Å². The first-order chi connectivity index (χ1) is 12.6. The SMILES string of the molecule is CC(OC(=O)C1CCN(C(=O)c2cccs2)CC1)C(=O)c1ccccc1. The molecule has 1 aliphatic heterocycles. The van der Waals surface area contributed by atoms with Crippen LogP contribution in [0.1, 0.15) is 39.8 Å². The molecule has 0 aliphatic carbocycles. The van der Waals surface area contributed by atoms with Gasteiger partial charge in [-0.1, -0.05) is 36.4 Å². The second kappa shape index (κ2) is 8.27. The average molecular weight is 371 g/mol. The maximum atomic E-state index is 12.4. The Balaban J connectivity index is 1.50. The molecule has 1 atom stereocenters. The number of benzene rings is 1. The van der Waals surface area contributed by atoms with Gasteiger partial charge in [-0.15, -0.1) is 11.3 Å². The lowest BCUT2D eigenvalue weighted by Gasteiger charge is -2.31. The number of ether oxygens (including phenoxy) is 1. The summed E-state index contributed by atoms with van der Waals surface area (Å²) in [7, 11) is 0. The molecule has 1 fully saturated rings. The van der Waals surface area contributed by atoms with Gasteiger partial charge in [0.05, 0.1) is 10.8 Å². The number of thiophene rings is 1. The minimum absolute atomic E-state index is 0.0134. The van der Waals surface area contributed by atoms with Gasteiger partial charge in [0.2, 0.25) is 5.78 Å². The van der Waals surface area contributed by atoms with Gasteiger partial charge in [-0.25, -0.2) is 0 Å². The van der Waals surface area contributed by atoms with E-state index in [-0.39, 0.29) is 23.6 Å². The third kappa shape index (κ3) is 4.19. The standard InChI is InChI=1S/C20H21NO4S/c1-14(18(22)15-6-3-2-4-7-15)25-20(24)16-9-11-21(12-10-16)19(23)17-8-5-13-26-17/h2-8,13-14,16H,9-12H2,1H3. The molecule has 1 aromatic carbocycles. The molecular formula is C20H21NO4S. The fourth-order valence-electron chi connectivity index (χ4n) is 3.04. The maximum absolute atomic E-state index is 12.4. The van der Waals surface area contributed by atoms with Crippen molar-refractivity contribution in [1.82, 2.24) is 4.90 Å². The number of rotatable bonds is 5. The van der Waals surface area contributed by atoms with Gasteiger partial charge in [0.25, 0.3) is 5.91 Å². The van der Waals surface area contributed by atoms with Gasteiger partial charge in [0, 0.05) is 18.7 Å². The molecule has 2 aromatic rings. The second-order valence-electron chi connectivity index (χ2n) is 6.35. The normalized spacial score (nSPS) is 16.1. The summed E-state index contributed by atoms with van der Waals surface area (Å²) in [5.41, 5.74) is 0.532. The number of likely N-dealkylation sites (tertiary alicyclic amines) is 1. The Morgan fingerprint density at radius 3 is 2.38 bits per heavy atom. The van der Waals surface area contributed by atoms with Gasteiger partial charge in [-0.3, -0.25) is 14.4 Å². The summed E-state index contributed by atoms with van der Waals surface area (Å²) in [6.07, 6.45) is 0.306. The highest BCUT2D eigenvalue weighted by atomic mass is 32.1. The Hall–Kier alpha value is -2.47. The van der Waals surface area contributed by atoms with Gasteiger partial charge in [0.1, 0.15) is 0 Å². The van der Waals surface area contributed by atoms with Crippen molar-refractivity contribution in [3.05, 3.63) is 58.3 Å². The molecular weight excluding hydrogens is 350 g/mol. The molecule has 0 spiro atoms. The van der Waals surface area contributed by atoms with Gasteiger partial charge in [0.15, 0.2) is 6.10 Å². The lowest BCUT2D eigenvalue weighted by atomic mass is 9.96. The molecule has 26 heavy (non-hydrogen) atoms. The minimum atomic E-state index is -0.810. The zero-order chi connectivity index (χ0) is 18.5. The molecule has 1 unspecified atom stereocenters. The summed E-state index contributed by atoms with van der Waals surface area (Å²) < 4.78 is 5.38. The van der Waals surface area contributed by atoms with Gasteiger partial charge in [-0.05, 0) is 31.2 Å². The first kappa shape index (κ1) is 18.3. The number of Topliss-reactive ketones (excluding diaryl/α,β-unsaturated/α-hetero) is 1. The fourth-order valence-corrected chi connectivity index (χ4v) is 3.73. The lowest BCUT2D eigenvalue weighted by Crippen LogP contribution is -2.41. The number of hydrogen-bond acceptors (Lipinski definition) is 5. The molecule has 2 heterocycles. The minimum Gasteiger partial charge on any atom is -0.454 e. The van der Waals surface area contributed by atoms with E-state index in [9.17, 15) is 14.4 Å². The van der Waals surface area contributed by atoms with Crippen LogP contribution < -0.4 is 0 Å². The lowest BCUT2D eigenvalue weighted by molar-refractivity contribution is -0.152. The van der Waals surface area contributed by atoms with Crippen molar-refractivity contribution in [1.29, 1.82) is 0 Å². The molecule has 1 aromatic heterocycles. The van der Waals surface area contributed by atoms with Crippen LogP contribution in [0.15, 0.2) is 47.8 Å². The fraction of sp³-hybridized carbons (Fsp3) is 0.350. The van der Waals surface area contributed by atoms with E-state index in [0.29, 0.717) is 36.4 Å². The molecule has 0 N–H and O–H groups in total. The predicted octanol–water partition coefficient (Wildman–Crippen LogP) is 3.41. The number of amides is 1. The van der Waals surface area contributed by atoms with E-state index < -0.39 is 6.10 Å². The van der Waals surface area contributed by atoms with E-state index >= 15 is 0 Å². The Kier molecular flexibility index (Phi) is 5.83. The highest BCUT2D eigenvalue weighted by Gasteiger charge is 2.31. The van der Waals surface area contributed by atoms with Crippen molar-refractivity contribution in [3.8, 4) is 0 Å². The molecule has 0 saturated carbocycles. The van der Waals surface area contributed by atoms with Crippen LogP contribution in [0.2, 0.25) is 0 Å². The van der Waals surface area contributed by atoms with Crippen molar-refractivity contribution in [2.45, 2.75) is 25.9 Å². The molecule has 6 heteroatoms. The topological polar surface area (TPSA) is 63.7 Å². The maximum Gasteiger partial charge on any atom is 0.309 e. The Bertz CT molecular complexity index is 764. The smallest absolute Gasteiger partial charge is 0.309 e. The van der Waals surface area contributed by atoms with Gasteiger partial charge < -0.3 is 9.64 Å². The number of nitrogens with zero attached hydrogens (tertiary/aromatic N) is 1. The van der Waals surface area contributed by atoms with Crippen LogP contribution in [0.25, 0.3) is 0 Å². The third-order valence-electron chi connectivity index (χ3n) is 4.57. The van der Waals surface area contributed by atoms with Crippen molar-refractivity contribution >= 4 is 29.0 Å². The zero-order valence-corrected chi connectivity index (χ0v) is 15.4. The molecule has 3 rings (SSSR count). The van der Waals surface area contributed by atoms with Gasteiger partial charge in [-0.2, -0.15) is 0 Å². The molecule has 1 saturated heterocycles. The van der Waals surface area contributed by atoms with Crippen LogP contribution >= 0.6 is 11.3 Å². The van der Waals surface area contributed by atoms with E-state index in [1.54, 1.807) is 36.1 Å². The summed E-state index contributed by atoms with van der Waals surface area (Å²) in [6.45, 7) is 2.65. The molecule has 0 radical (unpaired) electrons. The molecule has 1 aliphatic rings. The molecule has 1 amide bonds. The van der Waals surface area contributed by atoms with Crippen LogP contribution in [0.3, 0.4) is 0 Å². The number of piperidine rings is 1. The third-order valence-corrected chi connectivity index (χ3v) is 5.43. The Labute approximate surface area is 156 Å². The summed E-state index contributed by atoms with van der Waals surface area (Å²) in [5, 5.41) is 1.88. The first-order valence-electron chi connectivity index (χ1n) is 8.69. The average Bonchev–Trinajstić information content (AvgIpc) is 3.22. The molecule has 5 nitrogen and oxygen atoms in total. The van der Waals surface area contributed by atoms with Gasteiger partial charge >= 0.3 is 5.97 Å². The van der Waals surface area contributed by atoms with Crippen molar-refractivity contribution in [2.24, 2.45) is 5.92 Å². The molecule has 0 bridgehead atoms. The predicted molar refractivity (Wildman–Crippen MR) is 99.3 cm³/mol. The van der Waals surface area contributed by atoms with Crippen LogP contribution in [-0.4, -0.2) is 41.8 Å². The number of hydrogen-bond donors (Lipinski definition) is 0. The summed E-state index contributed by atoms with van der Waals surface area (Å²) in [4.78, 5) is 39.5. The monoisotopic (exact) mass is 371 g/mol. The van der Waals surface area contributed by atoms with Crippen molar-refractivity contribution in [3.63, 3.8) is 0 Å². The van der Waals surface area contributed by atoms with Crippen LogP contribution in [0.5, 0.6) is 0 Å². The first-order valence-corrected chi connectivity index (χ1v) is 9.56. The summed E-state index contributed by atoms with van der Waals surface area (Å²) in [6, 6.07) is 12.5. The number of ketones is 1. The number of carbonyl (C=O) groups excluding carboxylic acids is 3. The van der Waals surface area contributed by atoms with E-state index in [1.807, 2.05) is 23.6 Å². The number of carbonyl (C=O) groups is 3. The highest BCUT2D eigenvalue weighted by molar-refractivity contribution is 7.12. The van der Waals surface area contributed by atoms with E-state index in [0.717, 1.165) is 0 Å². The quantitative estimate of drug-likeness (QED) is 0.597. The van der Waals surface area contributed by atoms with Crippen LogP contribution in [0.4, 0.5) is 0 Å². The van der Waals surface area contributed by atoms with Crippen molar-refractivity contribution in [2.75, 3.05) is 13.1 Å². The van der Waals surface area contributed by atoms with Crippen LogP contribution in [-0.2, 0) is 9.53 Å². The van der Waals surface area contributed by atoms with E-state index in [2.05, 4.69) is 0 Å². The van der Waals surface area contributed by atoms with Crippen molar-refractivity contribution < 1.29 is 19.1 Å². The Morgan fingerprint density at radius 2 is 1.77 bits per heavy atom. The Morgan fingerprint density at radius 1 is 1.08 bits per heavy atom. The highest BCUT2D eigenvalue weighted by Crippen LogP contribution is 2.22. The zero-order valence-electron chi connectivity index (χ0n) is 14.6. The molecule has 136 valence electrons. The largest absolute Gasteiger partial charge is 0.454 e. The van der Waals surface area contributed by atoms with E-state index in [4.69, 9.17) is 4.74 Å². The van der Waals surface area contributed by atoms with E-state index in [1.165, 1.54) is 11.3 Å². The summed E-state index contributed by atoms with van der Waals surface area (Å²) >= 11 is 1.42.